The van der Waals surface area contributed by atoms with Gasteiger partial charge in [0.1, 0.15) is 5.75 Å². The standard InChI is InChI=1S/C15H17N3O2/c1-16-11-5-3-10(4-6-11)15(20)18-13-9-12(17-2)7-8-14(13)19/h3-9,16-17,19H,1-2H3,(H,18,20). The number of carbonyl (C=O) groups excluding carboxylic acids is 1. The van der Waals surface area contributed by atoms with Crippen LogP contribution >= 0.6 is 0 Å². The smallest absolute Gasteiger partial charge is 0.255 e. The quantitative estimate of drug-likeness (QED) is 0.509. The van der Waals surface area contributed by atoms with Crippen molar-refractivity contribution in [2.24, 2.45) is 0 Å². The summed E-state index contributed by atoms with van der Waals surface area (Å²) in [4.78, 5) is 12.1. The molecule has 20 heavy (non-hydrogen) atoms. The number of aromatic hydroxyl groups is 1. The Labute approximate surface area is 117 Å². The van der Waals surface area contributed by atoms with E-state index < -0.39 is 0 Å². The fraction of sp³-hybridized carbons (Fsp3) is 0.133. The second-order valence-electron chi connectivity index (χ2n) is 4.26. The monoisotopic (exact) mass is 271 g/mol. The zero-order valence-electron chi connectivity index (χ0n) is 11.4. The Morgan fingerprint density at radius 2 is 1.55 bits per heavy atom. The Hall–Kier alpha value is -2.69. The molecule has 2 aromatic rings. The van der Waals surface area contributed by atoms with Crippen molar-refractivity contribution in [3.63, 3.8) is 0 Å². The van der Waals surface area contributed by atoms with Crippen LogP contribution in [0.5, 0.6) is 5.75 Å². The van der Waals surface area contributed by atoms with Crippen molar-refractivity contribution in [1.82, 2.24) is 0 Å². The Morgan fingerprint density at radius 3 is 2.15 bits per heavy atom. The molecule has 0 fully saturated rings. The number of phenols is 1. The number of carbonyl (C=O) groups is 1. The van der Waals surface area contributed by atoms with Gasteiger partial charge >= 0.3 is 0 Å². The van der Waals surface area contributed by atoms with Crippen LogP contribution < -0.4 is 16.0 Å². The fourth-order valence-electron chi connectivity index (χ4n) is 1.77. The average molecular weight is 271 g/mol. The van der Waals surface area contributed by atoms with E-state index in [1.807, 2.05) is 19.2 Å². The molecule has 104 valence electrons. The first-order chi connectivity index (χ1) is 9.63. The van der Waals surface area contributed by atoms with Crippen molar-refractivity contribution in [3.8, 4) is 5.75 Å². The second-order valence-corrected chi connectivity index (χ2v) is 4.26. The van der Waals surface area contributed by atoms with Gasteiger partial charge in [0, 0.05) is 31.0 Å². The highest BCUT2D eigenvalue weighted by Gasteiger charge is 2.09. The van der Waals surface area contributed by atoms with E-state index in [1.165, 1.54) is 6.07 Å². The normalized spacial score (nSPS) is 9.90. The minimum Gasteiger partial charge on any atom is -0.506 e. The lowest BCUT2D eigenvalue weighted by Crippen LogP contribution is -2.12. The van der Waals surface area contributed by atoms with E-state index in [0.717, 1.165) is 11.4 Å². The van der Waals surface area contributed by atoms with Crippen LogP contribution in [0.15, 0.2) is 42.5 Å². The van der Waals surface area contributed by atoms with Gasteiger partial charge in [0.15, 0.2) is 0 Å². The molecule has 0 atom stereocenters. The summed E-state index contributed by atoms with van der Waals surface area (Å²) in [5.41, 5.74) is 2.64. The third-order valence-corrected chi connectivity index (χ3v) is 2.97. The molecule has 0 aliphatic carbocycles. The van der Waals surface area contributed by atoms with Gasteiger partial charge in [0.2, 0.25) is 0 Å². The summed E-state index contributed by atoms with van der Waals surface area (Å²) in [6, 6.07) is 12.0. The number of nitrogens with one attached hydrogen (secondary N) is 3. The van der Waals surface area contributed by atoms with E-state index in [1.54, 1.807) is 31.3 Å². The lowest BCUT2D eigenvalue weighted by atomic mass is 10.2. The molecule has 2 aromatic carbocycles. The van der Waals surface area contributed by atoms with Gasteiger partial charge in [-0.25, -0.2) is 0 Å². The zero-order chi connectivity index (χ0) is 14.5. The number of hydrogen-bond donors (Lipinski definition) is 4. The summed E-state index contributed by atoms with van der Waals surface area (Å²) in [7, 11) is 3.59. The summed E-state index contributed by atoms with van der Waals surface area (Å²) in [6.45, 7) is 0. The van der Waals surface area contributed by atoms with Crippen LogP contribution in [0.3, 0.4) is 0 Å². The SMILES string of the molecule is CNc1ccc(C(=O)Nc2cc(NC)ccc2O)cc1. The largest absolute Gasteiger partial charge is 0.506 e. The predicted octanol–water partition coefficient (Wildman–Crippen LogP) is 2.73. The number of rotatable bonds is 4. The van der Waals surface area contributed by atoms with Crippen LogP contribution in [0.25, 0.3) is 0 Å². The van der Waals surface area contributed by atoms with Gasteiger partial charge < -0.3 is 21.1 Å². The van der Waals surface area contributed by atoms with Gasteiger partial charge in [-0.05, 0) is 42.5 Å². The molecule has 0 bridgehead atoms. The number of benzene rings is 2. The molecule has 0 spiro atoms. The number of phenolic OH excluding ortho intramolecular Hbond substituents is 1. The third-order valence-electron chi connectivity index (χ3n) is 2.97. The molecule has 4 N–H and O–H groups in total. The maximum Gasteiger partial charge on any atom is 0.255 e. The van der Waals surface area contributed by atoms with E-state index in [-0.39, 0.29) is 11.7 Å². The Morgan fingerprint density at radius 1 is 0.950 bits per heavy atom. The molecule has 0 saturated carbocycles. The van der Waals surface area contributed by atoms with Gasteiger partial charge in [-0.1, -0.05) is 0 Å². The summed E-state index contributed by atoms with van der Waals surface area (Å²) in [5, 5.41) is 18.4. The predicted molar refractivity (Wildman–Crippen MR) is 81.6 cm³/mol. The summed E-state index contributed by atoms with van der Waals surface area (Å²) >= 11 is 0. The van der Waals surface area contributed by atoms with Crippen LogP contribution in [0.2, 0.25) is 0 Å². The first kappa shape index (κ1) is 13.7. The molecular weight excluding hydrogens is 254 g/mol. The van der Waals surface area contributed by atoms with E-state index in [9.17, 15) is 9.90 Å². The van der Waals surface area contributed by atoms with Crippen molar-refractivity contribution < 1.29 is 9.90 Å². The average Bonchev–Trinajstić information content (AvgIpc) is 2.49. The van der Waals surface area contributed by atoms with Gasteiger partial charge in [-0.15, -0.1) is 0 Å². The molecule has 2 rings (SSSR count). The summed E-state index contributed by atoms with van der Waals surface area (Å²) in [5.74, 6) is -0.236. The number of anilines is 3. The van der Waals surface area contributed by atoms with Crippen LogP contribution in [0.1, 0.15) is 10.4 Å². The molecule has 5 nitrogen and oxygen atoms in total. The van der Waals surface area contributed by atoms with E-state index >= 15 is 0 Å². The van der Waals surface area contributed by atoms with Crippen molar-refractivity contribution in [3.05, 3.63) is 48.0 Å². The van der Waals surface area contributed by atoms with Gasteiger partial charge in [0.25, 0.3) is 5.91 Å². The number of amides is 1. The molecule has 0 aliphatic heterocycles. The molecule has 0 aliphatic rings. The van der Waals surface area contributed by atoms with Crippen molar-refractivity contribution in [2.45, 2.75) is 0 Å². The minimum atomic E-state index is -0.267. The minimum absolute atomic E-state index is 0.0317. The molecular formula is C15H17N3O2. The lowest BCUT2D eigenvalue weighted by Gasteiger charge is -2.10. The molecule has 0 saturated heterocycles. The first-order valence-corrected chi connectivity index (χ1v) is 6.24. The Balaban J connectivity index is 2.18. The lowest BCUT2D eigenvalue weighted by molar-refractivity contribution is 0.102. The fourth-order valence-corrected chi connectivity index (χ4v) is 1.77. The highest BCUT2D eigenvalue weighted by molar-refractivity contribution is 6.05. The molecule has 0 radical (unpaired) electrons. The summed E-state index contributed by atoms with van der Waals surface area (Å²) in [6.07, 6.45) is 0. The number of hydrogen-bond acceptors (Lipinski definition) is 4. The molecule has 1 amide bonds. The van der Waals surface area contributed by atoms with Gasteiger partial charge in [0.05, 0.1) is 5.69 Å². The molecule has 0 unspecified atom stereocenters. The summed E-state index contributed by atoms with van der Waals surface area (Å²) < 4.78 is 0. The van der Waals surface area contributed by atoms with Crippen molar-refractivity contribution >= 4 is 23.0 Å². The Bertz CT molecular complexity index is 609. The van der Waals surface area contributed by atoms with E-state index in [2.05, 4.69) is 16.0 Å². The maximum absolute atomic E-state index is 12.1. The van der Waals surface area contributed by atoms with Crippen LogP contribution in [0, 0.1) is 0 Å². The van der Waals surface area contributed by atoms with E-state index in [0.29, 0.717) is 11.3 Å². The van der Waals surface area contributed by atoms with Crippen molar-refractivity contribution in [2.75, 3.05) is 30.0 Å². The molecule has 0 aromatic heterocycles. The topological polar surface area (TPSA) is 73.4 Å². The highest BCUT2D eigenvalue weighted by Crippen LogP contribution is 2.27. The van der Waals surface area contributed by atoms with E-state index in [4.69, 9.17) is 0 Å². The van der Waals surface area contributed by atoms with Gasteiger partial charge in [-0.3, -0.25) is 4.79 Å². The van der Waals surface area contributed by atoms with Crippen LogP contribution in [0.4, 0.5) is 17.1 Å². The zero-order valence-corrected chi connectivity index (χ0v) is 11.4. The highest BCUT2D eigenvalue weighted by atomic mass is 16.3. The third kappa shape index (κ3) is 3.00. The van der Waals surface area contributed by atoms with Crippen molar-refractivity contribution in [1.29, 1.82) is 0 Å². The van der Waals surface area contributed by atoms with Crippen LogP contribution in [-0.2, 0) is 0 Å². The Kier molecular flexibility index (Phi) is 4.10. The van der Waals surface area contributed by atoms with Gasteiger partial charge in [-0.2, -0.15) is 0 Å². The second kappa shape index (κ2) is 5.97. The first-order valence-electron chi connectivity index (χ1n) is 6.24. The molecule has 0 heterocycles. The molecule has 5 heteroatoms. The maximum atomic E-state index is 12.1. The van der Waals surface area contributed by atoms with Crippen LogP contribution in [-0.4, -0.2) is 25.1 Å².